The largest absolute Gasteiger partial charge is 0.491 e. The summed E-state index contributed by atoms with van der Waals surface area (Å²) in [7, 11) is -1.52. The third kappa shape index (κ3) is 2.49. The Labute approximate surface area is 94.0 Å². The molecule has 2 rings (SSSR count). The van der Waals surface area contributed by atoms with E-state index < -0.39 is 7.12 Å². The van der Waals surface area contributed by atoms with Crippen LogP contribution in [0, 0.1) is 0 Å². The summed E-state index contributed by atoms with van der Waals surface area (Å²) in [6.07, 6.45) is 3.01. The van der Waals surface area contributed by atoms with Gasteiger partial charge in [0.2, 0.25) is 5.95 Å². The van der Waals surface area contributed by atoms with E-state index in [0.29, 0.717) is 18.0 Å². The normalized spacial score (nSPS) is 20.9. The minimum absolute atomic E-state index is 0.167. The number of anilines is 1. The van der Waals surface area contributed by atoms with Crippen molar-refractivity contribution in [1.82, 2.24) is 9.97 Å². The predicted octanol–water partition coefficient (Wildman–Crippen LogP) is -1.62. The van der Waals surface area contributed by atoms with Gasteiger partial charge in [-0.1, -0.05) is 0 Å². The molecule has 1 fully saturated rings. The molecule has 0 saturated carbocycles. The first-order chi connectivity index (χ1) is 7.66. The molecule has 86 valence electrons. The molecular formula is C9H14BN3O3. The highest BCUT2D eigenvalue weighted by atomic mass is 16.5. The standard InChI is InChI=1S/C9H14BN3O3/c1-7-6-13(2-3-16-7)9-11-4-8(5-12-9)10(14)15/h4-5,7,14-15H,2-3,6H2,1H3/t7-/m1/s1. The molecule has 0 aliphatic carbocycles. The lowest BCUT2D eigenvalue weighted by atomic mass is 9.83. The average molecular weight is 223 g/mol. The Morgan fingerprint density at radius 2 is 2.12 bits per heavy atom. The van der Waals surface area contributed by atoms with Crippen LogP contribution in [0.5, 0.6) is 0 Å². The molecule has 1 aromatic rings. The van der Waals surface area contributed by atoms with E-state index in [1.54, 1.807) is 0 Å². The van der Waals surface area contributed by atoms with Gasteiger partial charge in [-0.05, 0) is 6.92 Å². The monoisotopic (exact) mass is 223 g/mol. The zero-order valence-corrected chi connectivity index (χ0v) is 9.08. The SMILES string of the molecule is C[C@@H]1CN(c2ncc(B(O)O)cn2)CCO1. The van der Waals surface area contributed by atoms with Gasteiger partial charge in [0.05, 0.1) is 12.7 Å². The molecule has 0 spiro atoms. The maximum absolute atomic E-state index is 8.91. The minimum atomic E-state index is -1.52. The number of morpholine rings is 1. The van der Waals surface area contributed by atoms with Gasteiger partial charge in [-0.3, -0.25) is 0 Å². The maximum atomic E-state index is 8.91. The van der Waals surface area contributed by atoms with Crippen LogP contribution >= 0.6 is 0 Å². The van der Waals surface area contributed by atoms with Gasteiger partial charge in [-0.2, -0.15) is 0 Å². The van der Waals surface area contributed by atoms with Gasteiger partial charge >= 0.3 is 7.12 Å². The number of hydrogen-bond donors (Lipinski definition) is 2. The van der Waals surface area contributed by atoms with Crippen molar-refractivity contribution < 1.29 is 14.8 Å². The molecular weight excluding hydrogens is 209 g/mol. The van der Waals surface area contributed by atoms with Crippen molar-refractivity contribution in [2.24, 2.45) is 0 Å². The second-order valence-electron chi connectivity index (χ2n) is 3.82. The van der Waals surface area contributed by atoms with E-state index in [2.05, 4.69) is 9.97 Å². The molecule has 1 atom stereocenters. The van der Waals surface area contributed by atoms with E-state index in [1.165, 1.54) is 12.4 Å². The van der Waals surface area contributed by atoms with Crippen LogP contribution in [0.3, 0.4) is 0 Å². The summed E-state index contributed by atoms with van der Waals surface area (Å²) in [4.78, 5) is 10.2. The number of nitrogens with zero attached hydrogens (tertiary/aromatic N) is 3. The molecule has 0 amide bonds. The van der Waals surface area contributed by atoms with Gasteiger partial charge in [0.25, 0.3) is 0 Å². The first kappa shape index (κ1) is 11.3. The molecule has 1 aromatic heterocycles. The highest BCUT2D eigenvalue weighted by Crippen LogP contribution is 2.10. The van der Waals surface area contributed by atoms with Gasteiger partial charge in [-0.25, -0.2) is 9.97 Å². The number of ether oxygens (including phenoxy) is 1. The van der Waals surface area contributed by atoms with E-state index in [0.717, 1.165) is 13.1 Å². The van der Waals surface area contributed by atoms with Crippen molar-refractivity contribution in [1.29, 1.82) is 0 Å². The summed E-state index contributed by atoms with van der Waals surface area (Å²) in [5.74, 6) is 0.597. The summed E-state index contributed by atoms with van der Waals surface area (Å²) < 4.78 is 5.41. The Morgan fingerprint density at radius 3 is 2.69 bits per heavy atom. The second kappa shape index (κ2) is 4.77. The molecule has 0 radical (unpaired) electrons. The fraction of sp³-hybridized carbons (Fsp3) is 0.556. The molecule has 1 aliphatic heterocycles. The van der Waals surface area contributed by atoms with Gasteiger partial charge < -0.3 is 19.7 Å². The van der Waals surface area contributed by atoms with Crippen molar-refractivity contribution in [3.05, 3.63) is 12.4 Å². The van der Waals surface area contributed by atoms with Gasteiger partial charge in [0.15, 0.2) is 0 Å². The summed E-state index contributed by atoms with van der Waals surface area (Å²) in [6, 6.07) is 0. The van der Waals surface area contributed by atoms with Crippen LogP contribution in [0.2, 0.25) is 0 Å². The molecule has 2 N–H and O–H groups in total. The number of rotatable bonds is 2. The zero-order chi connectivity index (χ0) is 11.5. The smallest absolute Gasteiger partial charge is 0.423 e. The Bertz CT molecular complexity index is 346. The van der Waals surface area contributed by atoms with Crippen LogP contribution in [0.4, 0.5) is 5.95 Å². The fourth-order valence-electron chi connectivity index (χ4n) is 1.63. The van der Waals surface area contributed by atoms with Crippen molar-refractivity contribution in [2.75, 3.05) is 24.6 Å². The zero-order valence-electron chi connectivity index (χ0n) is 9.08. The quantitative estimate of drug-likeness (QED) is 0.587. The van der Waals surface area contributed by atoms with Crippen molar-refractivity contribution in [2.45, 2.75) is 13.0 Å². The highest BCUT2D eigenvalue weighted by Gasteiger charge is 2.19. The van der Waals surface area contributed by atoms with Crippen LogP contribution < -0.4 is 10.4 Å². The Kier molecular flexibility index (Phi) is 3.38. The lowest BCUT2D eigenvalue weighted by Crippen LogP contribution is -2.42. The van der Waals surface area contributed by atoms with Crippen LogP contribution in [-0.2, 0) is 4.74 Å². The number of hydrogen-bond acceptors (Lipinski definition) is 6. The van der Waals surface area contributed by atoms with Crippen LogP contribution in [-0.4, -0.2) is 52.9 Å². The summed E-state index contributed by atoms with van der Waals surface area (Å²) in [5, 5.41) is 17.8. The molecule has 1 aliphatic rings. The summed E-state index contributed by atoms with van der Waals surface area (Å²) in [5.41, 5.74) is 0.296. The third-order valence-corrected chi connectivity index (χ3v) is 2.48. The molecule has 7 heteroatoms. The lowest BCUT2D eigenvalue weighted by molar-refractivity contribution is 0.0526. The second-order valence-corrected chi connectivity index (χ2v) is 3.82. The Morgan fingerprint density at radius 1 is 1.44 bits per heavy atom. The topological polar surface area (TPSA) is 78.7 Å². The van der Waals surface area contributed by atoms with E-state index in [1.807, 2.05) is 11.8 Å². The first-order valence-electron chi connectivity index (χ1n) is 5.21. The molecule has 0 aromatic carbocycles. The summed E-state index contributed by atoms with van der Waals surface area (Å²) >= 11 is 0. The number of aromatic nitrogens is 2. The predicted molar refractivity (Wildman–Crippen MR) is 59.5 cm³/mol. The minimum Gasteiger partial charge on any atom is -0.423 e. The lowest BCUT2D eigenvalue weighted by Gasteiger charge is -2.31. The average Bonchev–Trinajstić information content (AvgIpc) is 2.29. The molecule has 1 saturated heterocycles. The van der Waals surface area contributed by atoms with Crippen LogP contribution in [0.15, 0.2) is 12.4 Å². The molecule has 0 bridgehead atoms. The van der Waals surface area contributed by atoms with Gasteiger partial charge in [0, 0.05) is 30.9 Å². The maximum Gasteiger partial charge on any atom is 0.491 e. The Hall–Kier alpha value is -1.18. The molecule has 2 heterocycles. The first-order valence-corrected chi connectivity index (χ1v) is 5.21. The van der Waals surface area contributed by atoms with Crippen LogP contribution in [0.1, 0.15) is 6.92 Å². The van der Waals surface area contributed by atoms with E-state index in [9.17, 15) is 0 Å². The molecule has 6 nitrogen and oxygen atoms in total. The molecule has 0 unspecified atom stereocenters. The van der Waals surface area contributed by atoms with Crippen molar-refractivity contribution >= 4 is 18.5 Å². The fourth-order valence-corrected chi connectivity index (χ4v) is 1.63. The van der Waals surface area contributed by atoms with Crippen molar-refractivity contribution in [3.8, 4) is 0 Å². The summed E-state index contributed by atoms with van der Waals surface area (Å²) in [6.45, 7) is 4.17. The van der Waals surface area contributed by atoms with Crippen molar-refractivity contribution in [3.63, 3.8) is 0 Å². The Balaban J connectivity index is 2.09. The van der Waals surface area contributed by atoms with Crippen LogP contribution in [0.25, 0.3) is 0 Å². The van der Waals surface area contributed by atoms with Gasteiger partial charge in [-0.15, -0.1) is 0 Å². The molecule has 16 heavy (non-hydrogen) atoms. The van der Waals surface area contributed by atoms with E-state index >= 15 is 0 Å². The van der Waals surface area contributed by atoms with E-state index in [-0.39, 0.29) is 6.10 Å². The third-order valence-electron chi connectivity index (χ3n) is 2.48. The highest BCUT2D eigenvalue weighted by molar-refractivity contribution is 6.58. The van der Waals surface area contributed by atoms with E-state index in [4.69, 9.17) is 14.8 Å². The van der Waals surface area contributed by atoms with Gasteiger partial charge in [0.1, 0.15) is 0 Å².